The first-order valence-corrected chi connectivity index (χ1v) is 6.18. The van der Waals surface area contributed by atoms with E-state index in [2.05, 4.69) is 0 Å². The summed E-state index contributed by atoms with van der Waals surface area (Å²) in [7, 11) is 0. The van der Waals surface area contributed by atoms with Crippen LogP contribution in [0.4, 0.5) is 0 Å². The van der Waals surface area contributed by atoms with E-state index < -0.39 is 12.1 Å². The van der Waals surface area contributed by atoms with Crippen molar-refractivity contribution in [1.82, 2.24) is 0 Å². The summed E-state index contributed by atoms with van der Waals surface area (Å²) in [5, 5.41) is 8.87. The van der Waals surface area contributed by atoms with E-state index in [1.54, 1.807) is 0 Å². The Hall–Kier alpha value is -1.55. The van der Waals surface area contributed by atoms with Crippen LogP contribution in [0.5, 0.6) is 5.75 Å². The minimum atomic E-state index is -0.971. The van der Waals surface area contributed by atoms with Crippen molar-refractivity contribution in [3.63, 3.8) is 0 Å². The van der Waals surface area contributed by atoms with Crippen molar-refractivity contribution < 1.29 is 14.6 Å². The lowest BCUT2D eigenvalue weighted by molar-refractivity contribution is -0.144. The molecule has 1 rings (SSSR count). The summed E-state index contributed by atoms with van der Waals surface area (Å²) in [4.78, 5) is 10.8. The van der Waals surface area contributed by atoms with Crippen LogP contribution in [-0.2, 0) is 11.2 Å². The monoisotopic (exact) mass is 251 g/mol. The Morgan fingerprint density at radius 2 is 2.17 bits per heavy atom. The molecule has 4 heteroatoms. The summed E-state index contributed by atoms with van der Waals surface area (Å²) >= 11 is 0. The maximum Gasteiger partial charge on any atom is 0.344 e. The predicted octanol–water partition coefficient (Wildman–Crippen LogP) is 2.13. The van der Waals surface area contributed by atoms with E-state index in [1.807, 2.05) is 32.0 Å². The van der Waals surface area contributed by atoms with Crippen molar-refractivity contribution in [2.75, 3.05) is 0 Å². The summed E-state index contributed by atoms with van der Waals surface area (Å²) in [5.41, 5.74) is 8.03. The van der Waals surface area contributed by atoms with Crippen LogP contribution in [0.3, 0.4) is 0 Å². The Morgan fingerprint density at radius 3 is 2.72 bits per heavy atom. The van der Waals surface area contributed by atoms with E-state index in [0.717, 1.165) is 17.5 Å². The topological polar surface area (TPSA) is 72.5 Å². The van der Waals surface area contributed by atoms with E-state index in [0.29, 0.717) is 12.2 Å². The third-order valence-electron chi connectivity index (χ3n) is 2.87. The fourth-order valence-corrected chi connectivity index (χ4v) is 1.65. The molecule has 1 aromatic rings. The van der Waals surface area contributed by atoms with Gasteiger partial charge >= 0.3 is 5.97 Å². The lowest BCUT2D eigenvalue weighted by atomic mass is 10.0. The SMILES string of the molecule is CCC(N)Cc1cc(C)ccc1OC(C)C(=O)O. The molecule has 0 fully saturated rings. The number of rotatable bonds is 6. The zero-order valence-electron chi connectivity index (χ0n) is 11.1. The number of hydrogen-bond acceptors (Lipinski definition) is 3. The van der Waals surface area contributed by atoms with Gasteiger partial charge in [-0.1, -0.05) is 24.6 Å². The highest BCUT2D eigenvalue weighted by atomic mass is 16.5. The van der Waals surface area contributed by atoms with Gasteiger partial charge in [0.1, 0.15) is 5.75 Å². The third kappa shape index (κ3) is 4.04. The van der Waals surface area contributed by atoms with Crippen LogP contribution in [0.25, 0.3) is 0 Å². The molecule has 0 saturated heterocycles. The molecule has 0 spiro atoms. The third-order valence-corrected chi connectivity index (χ3v) is 2.87. The van der Waals surface area contributed by atoms with Crippen LogP contribution in [0, 0.1) is 6.92 Å². The van der Waals surface area contributed by atoms with Crippen molar-refractivity contribution in [2.24, 2.45) is 5.73 Å². The lowest BCUT2D eigenvalue weighted by Crippen LogP contribution is -2.25. The summed E-state index contributed by atoms with van der Waals surface area (Å²) in [6, 6.07) is 5.78. The molecule has 2 unspecified atom stereocenters. The van der Waals surface area contributed by atoms with Gasteiger partial charge < -0.3 is 15.6 Å². The van der Waals surface area contributed by atoms with Crippen LogP contribution in [0.15, 0.2) is 18.2 Å². The standard InChI is InChI=1S/C14H21NO3/c1-4-12(15)8-11-7-9(2)5-6-13(11)18-10(3)14(16)17/h5-7,10,12H,4,8,15H2,1-3H3,(H,16,17). The quantitative estimate of drug-likeness (QED) is 0.812. The maximum absolute atomic E-state index is 10.8. The molecule has 0 bridgehead atoms. The Labute approximate surface area is 108 Å². The van der Waals surface area contributed by atoms with Crippen molar-refractivity contribution >= 4 is 5.97 Å². The van der Waals surface area contributed by atoms with Crippen LogP contribution in [0.1, 0.15) is 31.4 Å². The Balaban J connectivity index is 2.92. The summed E-state index contributed by atoms with van der Waals surface area (Å²) in [6.07, 6.45) is 0.714. The number of hydrogen-bond donors (Lipinski definition) is 2. The number of carbonyl (C=O) groups is 1. The van der Waals surface area contributed by atoms with E-state index in [1.165, 1.54) is 6.92 Å². The molecule has 4 nitrogen and oxygen atoms in total. The number of carboxylic acids is 1. The summed E-state index contributed by atoms with van der Waals surface area (Å²) < 4.78 is 5.45. The average Bonchev–Trinajstić information content (AvgIpc) is 2.32. The van der Waals surface area contributed by atoms with Crippen molar-refractivity contribution in [2.45, 2.75) is 45.8 Å². The molecule has 0 aliphatic carbocycles. The van der Waals surface area contributed by atoms with E-state index >= 15 is 0 Å². The number of nitrogens with two attached hydrogens (primary N) is 1. The molecule has 0 aromatic heterocycles. The molecule has 3 N–H and O–H groups in total. The highest BCUT2D eigenvalue weighted by Crippen LogP contribution is 2.23. The predicted molar refractivity (Wildman–Crippen MR) is 70.9 cm³/mol. The number of aliphatic carboxylic acids is 1. The lowest BCUT2D eigenvalue weighted by Gasteiger charge is -2.17. The van der Waals surface area contributed by atoms with Crippen LogP contribution in [0.2, 0.25) is 0 Å². The van der Waals surface area contributed by atoms with Gasteiger partial charge in [0.05, 0.1) is 0 Å². The fourth-order valence-electron chi connectivity index (χ4n) is 1.65. The smallest absolute Gasteiger partial charge is 0.344 e. The first kappa shape index (κ1) is 14.5. The largest absolute Gasteiger partial charge is 0.479 e. The second-order valence-corrected chi connectivity index (χ2v) is 4.58. The number of carboxylic acid groups (broad SMARTS) is 1. The maximum atomic E-state index is 10.8. The number of benzene rings is 1. The molecule has 0 heterocycles. The van der Waals surface area contributed by atoms with Crippen LogP contribution < -0.4 is 10.5 Å². The summed E-state index contributed by atoms with van der Waals surface area (Å²) in [5.74, 6) is -0.360. The van der Waals surface area contributed by atoms with Gasteiger partial charge in [-0.15, -0.1) is 0 Å². The fraction of sp³-hybridized carbons (Fsp3) is 0.500. The van der Waals surface area contributed by atoms with Gasteiger partial charge in [-0.2, -0.15) is 0 Å². The molecule has 2 atom stereocenters. The normalized spacial score (nSPS) is 14.0. The second kappa shape index (κ2) is 6.40. The molecular formula is C14H21NO3. The van der Waals surface area contributed by atoms with Gasteiger partial charge in [-0.25, -0.2) is 4.79 Å². The summed E-state index contributed by atoms with van der Waals surface area (Å²) in [6.45, 7) is 5.54. The Bertz CT molecular complexity index is 418. The van der Waals surface area contributed by atoms with Gasteiger partial charge in [0.15, 0.2) is 6.10 Å². The Morgan fingerprint density at radius 1 is 1.50 bits per heavy atom. The van der Waals surface area contributed by atoms with Crippen molar-refractivity contribution in [3.05, 3.63) is 29.3 Å². The molecule has 0 radical (unpaired) electrons. The molecule has 0 amide bonds. The molecular weight excluding hydrogens is 230 g/mol. The highest BCUT2D eigenvalue weighted by molar-refractivity contribution is 5.72. The molecule has 100 valence electrons. The Kier molecular flexibility index (Phi) is 5.16. The van der Waals surface area contributed by atoms with Gasteiger partial charge in [0.2, 0.25) is 0 Å². The van der Waals surface area contributed by atoms with Gasteiger partial charge in [0.25, 0.3) is 0 Å². The number of aryl methyl sites for hydroxylation is 1. The number of ether oxygens (including phenoxy) is 1. The molecule has 18 heavy (non-hydrogen) atoms. The minimum Gasteiger partial charge on any atom is -0.479 e. The molecule has 0 aliphatic rings. The van der Waals surface area contributed by atoms with Crippen molar-refractivity contribution in [1.29, 1.82) is 0 Å². The second-order valence-electron chi connectivity index (χ2n) is 4.58. The molecule has 0 aliphatic heterocycles. The minimum absolute atomic E-state index is 0.0642. The zero-order valence-corrected chi connectivity index (χ0v) is 11.1. The van der Waals surface area contributed by atoms with Crippen LogP contribution in [-0.4, -0.2) is 23.2 Å². The first-order valence-electron chi connectivity index (χ1n) is 6.18. The molecule has 1 aromatic carbocycles. The highest BCUT2D eigenvalue weighted by Gasteiger charge is 2.15. The van der Waals surface area contributed by atoms with Crippen LogP contribution >= 0.6 is 0 Å². The average molecular weight is 251 g/mol. The van der Waals surface area contributed by atoms with E-state index in [9.17, 15) is 4.79 Å². The van der Waals surface area contributed by atoms with Gasteiger partial charge in [-0.05, 0) is 38.3 Å². The van der Waals surface area contributed by atoms with E-state index in [4.69, 9.17) is 15.6 Å². The van der Waals surface area contributed by atoms with Gasteiger partial charge in [-0.3, -0.25) is 0 Å². The van der Waals surface area contributed by atoms with E-state index in [-0.39, 0.29) is 6.04 Å². The van der Waals surface area contributed by atoms with Gasteiger partial charge in [0, 0.05) is 6.04 Å². The molecule has 0 saturated carbocycles. The first-order chi connectivity index (χ1) is 8.43. The zero-order chi connectivity index (χ0) is 13.7. The van der Waals surface area contributed by atoms with Crippen molar-refractivity contribution in [3.8, 4) is 5.75 Å².